The van der Waals surface area contributed by atoms with Crippen LogP contribution in [0.4, 0.5) is 5.69 Å². The monoisotopic (exact) mass is 217 g/mol. The number of hydrogen-bond donors (Lipinski definition) is 2. The van der Waals surface area contributed by atoms with E-state index in [9.17, 15) is 4.79 Å². The third kappa shape index (κ3) is 2.03. The molecule has 0 aliphatic carbocycles. The molecule has 1 aromatic carbocycles. The van der Waals surface area contributed by atoms with Gasteiger partial charge in [-0.3, -0.25) is 9.89 Å². The zero-order chi connectivity index (χ0) is 11.4. The SMILES string of the molecule is COc1ccccc1NC(=O)c1cn[nH]c1. The number of benzene rings is 1. The van der Waals surface area contributed by atoms with E-state index < -0.39 is 0 Å². The second-order valence-electron chi connectivity index (χ2n) is 3.14. The molecule has 0 radical (unpaired) electrons. The number of aromatic nitrogens is 2. The molecule has 0 aliphatic rings. The highest BCUT2D eigenvalue weighted by Gasteiger charge is 2.09. The van der Waals surface area contributed by atoms with Crippen LogP contribution < -0.4 is 10.1 Å². The van der Waals surface area contributed by atoms with Gasteiger partial charge in [-0.25, -0.2) is 0 Å². The van der Waals surface area contributed by atoms with Gasteiger partial charge in [0.15, 0.2) is 0 Å². The van der Waals surface area contributed by atoms with Crippen LogP contribution in [0.3, 0.4) is 0 Å². The Morgan fingerprint density at radius 3 is 2.94 bits per heavy atom. The van der Waals surface area contributed by atoms with Gasteiger partial charge < -0.3 is 10.1 Å². The average Bonchev–Trinajstić information content (AvgIpc) is 2.83. The predicted octanol–water partition coefficient (Wildman–Crippen LogP) is 1.67. The van der Waals surface area contributed by atoms with Crippen LogP contribution in [0.2, 0.25) is 0 Å². The van der Waals surface area contributed by atoms with Crippen LogP contribution in [0.1, 0.15) is 10.4 Å². The number of carbonyl (C=O) groups excluding carboxylic acids is 1. The van der Waals surface area contributed by atoms with Gasteiger partial charge in [0.25, 0.3) is 5.91 Å². The summed E-state index contributed by atoms with van der Waals surface area (Å²) in [4.78, 5) is 11.7. The second-order valence-corrected chi connectivity index (χ2v) is 3.14. The molecule has 0 saturated carbocycles. The van der Waals surface area contributed by atoms with Gasteiger partial charge in [-0.15, -0.1) is 0 Å². The number of methoxy groups -OCH3 is 1. The van der Waals surface area contributed by atoms with Gasteiger partial charge >= 0.3 is 0 Å². The number of nitrogens with zero attached hydrogens (tertiary/aromatic N) is 1. The summed E-state index contributed by atoms with van der Waals surface area (Å²) in [6.45, 7) is 0. The van der Waals surface area contributed by atoms with Gasteiger partial charge in [-0.05, 0) is 12.1 Å². The Morgan fingerprint density at radius 2 is 2.25 bits per heavy atom. The maximum absolute atomic E-state index is 11.7. The molecule has 0 bridgehead atoms. The first-order valence-corrected chi connectivity index (χ1v) is 4.74. The van der Waals surface area contributed by atoms with Crippen molar-refractivity contribution < 1.29 is 9.53 Å². The number of hydrogen-bond acceptors (Lipinski definition) is 3. The van der Waals surface area contributed by atoms with Crippen LogP contribution in [-0.2, 0) is 0 Å². The molecule has 5 nitrogen and oxygen atoms in total. The molecule has 0 aliphatic heterocycles. The molecular formula is C11H11N3O2. The van der Waals surface area contributed by atoms with Crippen LogP contribution in [0, 0.1) is 0 Å². The summed E-state index contributed by atoms with van der Waals surface area (Å²) in [5.41, 5.74) is 1.11. The van der Waals surface area contributed by atoms with Crippen LogP contribution >= 0.6 is 0 Å². The zero-order valence-corrected chi connectivity index (χ0v) is 8.73. The standard InChI is InChI=1S/C11H11N3O2/c1-16-10-5-3-2-4-9(10)14-11(15)8-6-12-13-7-8/h2-7H,1H3,(H,12,13)(H,14,15). The number of rotatable bonds is 3. The fourth-order valence-electron chi connectivity index (χ4n) is 1.32. The fraction of sp³-hybridized carbons (Fsp3) is 0.0909. The fourth-order valence-corrected chi connectivity index (χ4v) is 1.32. The predicted molar refractivity (Wildman–Crippen MR) is 59.5 cm³/mol. The van der Waals surface area contributed by atoms with Crippen molar-refractivity contribution in [1.29, 1.82) is 0 Å². The maximum atomic E-state index is 11.7. The Balaban J connectivity index is 2.18. The molecule has 2 aromatic rings. The topological polar surface area (TPSA) is 67.0 Å². The Morgan fingerprint density at radius 1 is 1.44 bits per heavy atom. The smallest absolute Gasteiger partial charge is 0.258 e. The number of amides is 1. The summed E-state index contributed by atoms with van der Waals surface area (Å²) >= 11 is 0. The molecule has 2 rings (SSSR count). The van der Waals surface area contributed by atoms with Crippen molar-refractivity contribution in [3.63, 3.8) is 0 Å². The van der Waals surface area contributed by atoms with E-state index in [1.165, 1.54) is 12.4 Å². The van der Waals surface area contributed by atoms with E-state index in [4.69, 9.17) is 4.74 Å². The lowest BCUT2D eigenvalue weighted by Crippen LogP contribution is -2.11. The van der Waals surface area contributed by atoms with E-state index in [2.05, 4.69) is 15.5 Å². The Labute approximate surface area is 92.4 Å². The lowest BCUT2D eigenvalue weighted by Gasteiger charge is -2.08. The second kappa shape index (κ2) is 4.48. The first-order valence-electron chi connectivity index (χ1n) is 4.74. The minimum Gasteiger partial charge on any atom is -0.495 e. The molecule has 0 atom stereocenters. The number of H-pyrrole nitrogens is 1. The highest BCUT2D eigenvalue weighted by molar-refractivity contribution is 6.04. The molecule has 5 heteroatoms. The molecule has 16 heavy (non-hydrogen) atoms. The van der Waals surface area contributed by atoms with Crippen molar-refractivity contribution in [2.24, 2.45) is 0 Å². The van der Waals surface area contributed by atoms with E-state index in [0.29, 0.717) is 17.0 Å². The van der Waals surface area contributed by atoms with Crippen molar-refractivity contribution in [3.8, 4) is 5.75 Å². The first kappa shape index (κ1) is 10.2. The Hall–Kier alpha value is -2.30. The van der Waals surface area contributed by atoms with E-state index in [-0.39, 0.29) is 5.91 Å². The zero-order valence-electron chi connectivity index (χ0n) is 8.73. The molecule has 0 saturated heterocycles. The normalized spacial score (nSPS) is 9.81. The van der Waals surface area contributed by atoms with Crippen molar-refractivity contribution >= 4 is 11.6 Å². The van der Waals surface area contributed by atoms with Crippen molar-refractivity contribution in [2.75, 3.05) is 12.4 Å². The minimum atomic E-state index is -0.224. The van der Waals surface area contributed by atoms with Crippen LogP contribution in [0.5, 0.6) is 5.75 Å². The van der Waals surface area contributed by atoms with Crippen LogP contribution in [0.25, 0.3) is 0 Å². The highest BCUT2D eigenvalue weighted by Crippen LogP contribution is 2.23. The van der Waals surface area contributed by atoms with Gasteiger partial charge in [-0.1, -0.05) is 12.1 Å². The Bertz CT molecular complexity index is 480. The molecule has 1 heterocycles. The number of para-hydroxylation sites is 2. The van der Waals surface area contributed by atoms with Crippen molar-refractivity contribution in [3.05, 3.63) is 42.2 Å². The number of anilines is 1. The number of aromatic amines is 1. The van der Waals surface area contributed by atoms with E-state index in [1.807, 2.05) is 12.1 Å². The van der Waals surface area contributed by atoms with E-state index in [0.717, 1.165) is 0 Å². The summed E-state index contributed by atoms with van der Waals surface area (Å²) in [6.07, 6.45) is 3.00. The van der Waals surface area contributed by atoms with Crippen LogP contribution in [0.15, 0.2) is 36.7 Å². The summed E-state index contributed by atoms with van der Waals surface area (Å²) in [5, 5.41) is 9.03. The summed E-state index contributed by atoms with van der Waals surface area (Å²) < 4.78 is 5.13. The van der Waals surface area contributed by atoms with Crippen molar-refractivity contribution in [2.45, 2.75) is 0 Å². The molecular weight excluding hydrogens is 206 g/mol. The van der Waals surface area contributed by atoms with Gasteiger partial charge in [-0.2, -0.15) is 5.10 Å². The minimum absolute atomic E-state index is 0.224. The molecule has 1 amide bonds. The van der Waals surface area contributed by atoms with E-state index in [1.54, 1.807) is 19.2 Å². The number of ether oxygens (including phenoxy) is 1. The molecule has 2 N–H and O–H groups in total. The van der Waals surface area contributed by atoms with Gasteiger partial charge in [0, 0.05) is 6.20 Å². The third-order valence-corrected chi connectivity index (χ3v) is 2.12. The molecule has 0 spiro atoms. The van der Waals surface area contributed by atoms with E-state index >= 15 is 0 Å². The third-order valence-electron chi connectivity index (χ3n) is 2.12. The van der Waals surface area contributed by atoms with Gasteiger partial charge in [0.1, 0.15) is 5.75 Å². The largest absolute Gasteiger partial charge is 0.495 e. The number of nitrogens with one attached hydrogen (secondary N) is 2. The lowest BCUT2D eigenvalue weighted by atomic mass is 10.2. The maximum Gasteiger partial charge on any atom is 0.258 e. The highest BCUT2D eigenvalue weighted by atomic mass is 16.5. The first-order chi connectivity index (χ1) is 7.81. The summed E-state index contributed by atoms with van der Waals surface area (Å²) in [6, 6.07) is 7.22. The number of carbonyl (C=O) groups is 1. The molecule has 0 unspecified atom stereocenters. The van der Waals surface area contributed by atoms with Gasteiger partial charge in [0.2, 0.25) is 0 Å². The average molecular weight is 217 g/mol. The van der Waals surface area contributed by atoms with Crippen molar-refractivity contribution in [1.82, 2.24) is 10.2 Å². The quantitative estimate of drug-likeness (QED) is 0.821. The molecule has 82 valence electrons. The van der Waals surface area contributed by atoms with Crippen LogP contribution in [-0.4, -0.2) is 23.2 Å². The summed E-state index contributed by atoms with van der Waals surface area (Å²) in [7, 11) is 1.56. The van der Waals surface area contributed by atoms with Gasteiger partial charge in [0.05, 0.1) is 24.6 Å². The Kier molecular flexibility index (Phi) is 2.86. The molecule has 0 fully saturated rings. The molecule has 1 aromatic heterocycles. The lowest BCUT2D eigenvalue weighted by molar-refractivity contribution is 0.102. The summed E-state index contributed by atoms with van der Waals surface area (Å²) in [5.74, 6) is 0.401.